The average molecular weight is 438 g/mol. The van der Waals surface area contributed by atoms with Crippen LogP contribution in [-0.4, -0.2) is 33.9 Å². The first-order chi connectivity index (χ1) is 14.6. The van der Waals surface area contributed by atoms with Crippen molar-refractivity contribution in [2.45, 2.75) is 6.54 Å². The predicted octanol–water partition coefficient (Wildman–Crippen LogP) is 5.57. The van der Waals surface area contributed by atoms with Crippen molar-refractivity contribution >= 4 is 40.1 Å². The third kappa shape index (κ3) is 3.51. The van der Waals surface area contributed by atoms with E-state index in [-0.39, 0.29) is 5.91 Å². The average Bonchev–Trinajstić information content (AvgIpc) is 3.10. The molecule has 0 spiro atoms. The van der Waals surface area contributed by atoms with Gasteiger partial charge in [0.25, 0.3) is 5.91 Å². The fraction of sp³-hybridized carbons (Fsp3) is 0.130. The second kappa shape index (κ2) is 7.67. The van der Waals surface area contributed by atoms with Gasteiger partial charge in [0.2, 0.25) is 0 Å². The van der Waals surface area contributed by atoms with Gasteiger partial charge in [-0.1, -0.05) is 35.3 Å². The highest BCUT2D eigenvalue weighted by molar-refractivity contribution is 6.36. The van der Waals surface area contributed by atoms with Crippen molar-refractivity contribution in [1.82, 2.24) is 14.9 Å². The molecule has 1 N–H and O–H groups in total. The fourth-order valence-electron chi connectivity index (χ4n) is 3.70. The molecule has 0 aliphatic carbocycles. The maximum Gasteiger partial charge on any atom is 0.255 e. The Hall–Kier alpha value is -3.02. The zero-order valence-electron chi connectivity index (χ0n) is 15.9. The largest absolute Gasteiger partial charge is 0.491 e. The van der Waals surface area contributed by atoms with E-state index in [9.17, 15) is 4.79 Å². The molecule has 0 atom stereocenters. The van der Waals surface area contributed by atoms with Crippen molar-refractivity contribution in [2.24, 2.45) is 0 Å². The number of imidazole rings is 1. The summed E-state index contributed by atoms with van der Waals surface area (Å²) in [6.45, 7) is 1.33. The van der Waals surface area contributed by atoms with Gasteiger partial charge in [-0.05, 0) is 53.6 Å². The maximum absolute atomic E-state index is 13.1. The van der Waals surface area contributed by atoms with E-state index in [4.69, 9.17) is 27.9 Å². The highest BCUT2D eigenvalue weighted by atomic mass is 35.5. The molecule has 1 aliphatic heterocycles. The monoisotopic (exact) mass is 437 g/mol. The second-order valence-corrected chi connectivity index (χ2v) is 8.00. The van der Waals surface area contributed by atoms with Crippen LogP contribution >= 0.6 is 23.2 Å². The number of fused-ring (bicyclic) bond motifs is 2. The van der Waals surface area contributed by atoms with Crippen molar-refractivity contribution in [1.29, 1.82) is 0 Å². The molecule has 0 radical (unpaired) electrons. The number of carbonyl (C=O) groups is 1. The zero-order valence-corrected chi connectivity index (χ0v) is 17.4. The number of amides is 1. The Labute approximate surface area is 183 Å². The summed E-state index contributed by atoms with van der Waals surface area (Å²) in [5.41, 5.74) is 5.41. The topological polar surface area (TPSA) is 58.2 Å². The first kappa shape index (κ1) is 19.0. The first-order valence-corrected chi connectivity index (χ1v) is 10.3. The molecule has 0 saturated carbocycles. The molecule has 0 bridgehead atoms. The summed E-state index contributed by atoms with van der Waals surface area (Å²) in [4.78, 5) is 22.3. The number of rotatable bonds is 2. The number of aromatic amines is 1. The molecule has 0 fully saturated rings. The Bertz CT molecular complexity index is 1270. The number of benzene rings is 3. The molecular weight excluding hydrogens is 421 g/mol. The molecule has 30 heavy (non-hydrogen) atoms. The highest BCUT2D eigenvalue weighted by Gasteiger charge is 2.23. The van der Waals surface area contributed by atoms with E-state index in [1.807, 2.05) is 24.3 Å². The predicted molar refractivity (Wildman–Crippen MR) is 118 cm³/mol. The summed E-state index contributed by atoms with van der Waals surface area (Å²) in [6.07, 6.45) is 1.69. The van der Waals surface area contributed by atoms with Gasteiger partial charge in [-0.2, -0.15) is 0 Å². The SMILES string of the molecule is O=C(c1ccc(Cl)cc1Cl)N1CCOc2ccc(-c3ccc4nc[nH]c4c3)cc2C1. The van der Waals surface area contributed by atoms with Gasteiger partial charge in [0.15, 0.2) is 0 Å². The summed E-state index contributed by atoms with van der Waals surface area (Å²) >= 11 is 12.2. The molecular formula is C23H17Cl2N3O2. The van der Waals surface area contributed by atoms with E-state index >= 15 is 0 Å². The Morgan fingerprint density at radius 2 is 1.87 bits per heavy atom. The van der Waals surface area contributed by atoms with E-state index in [0.717, 1.165) is 33.5 Å². The number of H-pyrrole nitrogens is 1. The van der Waals surface area contributed by atoms with Crippen molar-refractivity contribution in [3.63, 3.8) is 0 Å². The molecule has 7 heteroatoms. The lowest BCUT2D eigenvalue weighted by molar-refractivity contribution is 0.0733. The Balaban J connectivity index is 1.47. The van der Waals surface area contributed by atoms with Crippen LogP contribution in [0.15, 0.2) is 60.9 Å². The minimum Gasteiger partial charge on any atom is -0.491 e. The molecule has 3 aromatic carbocycles. The number of hydrogen-bond acceptors (Lipinski definition) is 3. The number of halogens is 2. The number of carbonyl (C=O) groups excluding carboxylic acids is 1. The Morgan fingerprint density at radius 1 is 1.03 bits per heavy atom. The lowest BCUT2D eigenvalue weighted by atomic mass is 10.0. The molecule has 0 unspecified atom stereocenters. The van der Waals surface area contributed by atoms with Crippen LogP contribution in [0.3, 0.4) is 0 Å². The lowest BCUT2D eigenvalue weighted by Crippen LogP contribution is -2.32. The zero-order chi connectivity index (χ0) is 20.7. The standard InChI is InChI=1S/C23H17Cl2N3O2/c24-17-3-4-18(19(25)11-17)23(29)28-7-8-30-22-6-2-14(9-16(22)12-28)15-1-5-20-21(10-15)27-13-26-20/h1-6,9-11,13H,7-8,12H2,(H,26,27). The van der Waals surface area contributed by atoms with Gasteiger partial charge >= 0.3 is 0 Å². The van der Waals surface area contributed by atoms with Crippen LogP contribution in [0.1, 0.15) is 15.9 Å². The van der Waals surface area contributed by atoms with Crippen molar-refractivity contribution in [3.05, 3.63) is 82.1 Å². The lowest BCUT2D eigenvalue weighted by Gasteiger charge is -2.20. The first-order valence-electron chi connectivity index (χ1n) is 9.52. The van der Waals surface area contributed by atoms with Crippen molar-refractivity contribution in [2.75, 3.05) is 13.2 Å². The van der Waals surface area contributed by atoms with E-state index < -0.39 is 0 Å². The van der Waals surface area contributed by atoms with E-state index in [2.05, 4.69) is 22.1 Å². The number of nitrogens with zero attached hydrogens (tertiary/aromatic N) is 2. The van der Waals surface area contributed by atoms with Crippen LogP contribution in [-0.2, 0) is 6.54 Å². The highest BCUT2D eigenvalue weighted by Crippen LogP contribution is 2.31. The van der Waals surface area contributed by atoms with Gasteiger partial charge in [-0.15, -0.1) is 0 Å². The molecule has 0 saturated heterocycles. The molecule has 1 aliphatic rings. The smallest absolute Gasteiger partial charge is 0.255 e. The van der Waals surface area contributed by atoms with E-state index in [1.165, 1.54) is 0 Å². The second-order valence-electron chi connectivity index (χ2n) is 7.16. The fourth-order valence-corrected chi connectivity index (χ4v) is 4.18. The molecule has 2 heterocycles. The molecule has 150 valence electrons. The van der Waals surface area contributed by atoms with Gasteiger partial charge in [-0.3, -0.25) is 4.79 Å². The van der Waals surface area contributed by atoms with Crippen LogP contribution < -0.4 is 4.74 Å². The number of nitrogens with one attached hydrogen (secondary N) is 1. The minimum atomic E-state index is -0.141. The van der Waals surface area contributed by atoms with Crippen molar-refractivity contribution < 1.29 is 9.53 Å². The Morgan fingerprint density at radius 3 is 2.73 bits per heavy atom. The third-order valence-corrected chi connectivity index (χ3v) is 5.79. The van der Waals surface area contributed by atoms with Crippen LogP contribution in [0, 0.1) is 0 Å². The van der Waals surface area contributed by atoms with Crippen LogP contribution in [0.5, 0.6) is 5.75 Å². The van der Waals surface area contributed by atoms with Gasteiger partial charge in [0.1, 0.15) is 12.4 Å². The van der Waals surface area contributed by atoms with Crippen LogP contribution in [0.2, 0.25) is 10.0 Å². The number of ether oxygens (including phenoxy) is 1. The summed E-state index contributed by atoms with van der Waals surface area (Å²) in [5, 5.41) is 0.847. The van der Waals surface area contributed by atoms with Gasteiger partial charge < -0.3 is 14.6 Å². The van der Waals surface area contributed by atoms with Gasteiger partial charge in [-0.25, -0.2) is 4.98 Å². The maximum atomic E-state index is 13.1. The minimum absolute atomic E-state index is 0.141. The quantitative estimate of drug-likeness (QED) is 0.445. The van der Waals surface area contributed by atoms with Crippen LogP contribution in [0.25, 0.3) is 22.2 Å². The number of hydrogen-bond donors (Lipinski definition) is 1. The van der Waals surface area contributed by atoms with E-state index in [1.54, 1.807) is 29.4 Å². The molecule has 1 amide bonds. The summed E-state index contributed by atoms with van der Waals surface area (Å²) in [5.74, 6) is 0.649. The molecule has 4 aromatic rings. The molecule has 1 aromatic heterocycles. The molecule has 5 nitrogen and oxygen atoms in total. The van der Waals surface area contributed by atoms with Gasteiger partial charge in [0, 0.05) is 17.1 Å². The van der Waals surface area contributed by atoms with Crippen LogP contribution in [0.4, 0.5) is 0 Å². The number of aromatic nitrogens is 2. The van der Waals surface area contributed by atoms with Gasteiger partial charge in [0.05, 0.1) is 34.5 Å². The Kier molecular flexibility index (Phi) is 4.85. The summed E-state index contributed by atoms with van der Waals surface area (Å²) < 4.78 is 5.90. The molecule has 5 rings (SSSR count). The summed E-state index contributed by atoms with van der Waals surface area (Å²) in [6, 6.07) is 17.1. The summed E-state index contributed by atoms with van der Waals surface area (Å²) in [7, 11) is 0. The van der Waals surface area contributed by atoms with Crippen molar-refractivity contribution in [3.8, 4) is 16.9 Å². The normalized spacial score (nSPS) is 13.6. The van der Waals surface area contributed by atoms with E-state index in [0.29, 0.717) is 35.3 Å². The third-order valence-electron chi connectivity index (χ3n) is 5.24.